The molecule has 0 aliphatic heterocycles. The fourth-order valence-electron chi connectivity index (χ4n) is 1.44. The number of aromatic nitrogens is 1. The highest BCUT2D eigenvalue weighted by atomic mass is 16.2. The van der Waals surface area contributed by atoms with Crippen LogP contribution in [-0.4, -0.2) is 35.9 Å². The van der Waals surface area contributed by atoms with Gasteiger partial charge < -0.3 is 10.2 Å². The molecule has 0 saturated heterocycles. The summed E-state index contributed by atoms with van der Waals surface area (Å²) in [5.41, 5.74) is 1.25. The maximum absolute atomic E-state index is 12.2. The quantitative estimate of drug-likeness (QED) is 0.854. The summed E-state index contributed by atoms with van der Waals surface area (Å²) in [6.07, 6.45) is 3.47. The van der Waals surface area contributed by atoms with Gasteiger partial charge in [0.15, 0.2) is 0 Å². The molecule has 0 spiro atoms. The zero-order valence-corrected chi connectivity index (χ0v) is 10.3. The molecule has 1 N–H and O–H groups in total. The molecule has 5 heteroatoms. The summed E-state index contributed by atoms with van der Waals surface area (Å²) in [6, 6.07) is 3.69. The van der Waals surface area contributed by atoms with Crippen molar-refractivity contribution in [1.82, 2.24) is 9.88 Å². The highest BCUT2D eigenvalue weighted by Gasteiger charge is 2.19. The van der Waals surface area contributed by atoms with Gasteiger partial charge in [-0.1, -0.05) is 0 Å². The largest absolute Gasteiger partial charge is 0.387 e. The molecular weight excluding hydrogens is 216 g/mol. The van der Waals surface area contributed by atoms with E-state index in [1.165, 1.54) is 6.20 Å². The SMILES string of the molecule is CNc1ccncc1C(=O)N(C)C(C)CC#N. The van der Waals surface area contributed by atoms with Crippen LogP contribution in [0.3, 0.4) is 0 Å². The molecule has 0 saturated carbocycles. The van der Waals surface area contributed by atoms with E-state index in [9.17, 15) is 4.79 Å². The molecule has 1 atom stereocenters. The third kappa shape index (κ3) is 2.94. The van der Waals surface area contributed by atoms with Gasteiger partial charge in [0, 0.05) is 38.2 Å². The Balaban J connectivity index is 2.93. The standard InChI is InChI=1S/C12H16N4O/c1-9(4-6-13)16(3)12(17)10-8-15-7-5-11(10)14-2/h5,7-9H,4H2,1-3H3,(H,14,15). The molecule has 1 amide bonds. The molecule has 1 heterocycles. The van der Waals surface area contributed by atoms with Gasteiger partial charge in [-0.3, -0.25) is 9.78 Å². The van der Waals surface area contributed by atoms with Crippen molar-refractivity contribution in [1.29, 1.82) is 5.26 Å². The third-order valence-corrected chi connectivity index (χ3v) is 2.69. The summed E-state index contributed by atoms with van der Waals surface area (Å²) in [6.45, 7) is 1.84. The molecule has 0 fully saturated rings. The minimum Gasteiger partial charge on any atom is -0.387 e. The predicted octanol–water partition coefficient (Wildman–Crippen LogP) is 1.50. The van der Waals surface area contributed by atoms with Crippen molar-refractivity contribution in [2.45, 2.75) is 19.4 Å². The van der Waals surface area contributed by atoms with Crippen molar-refractivity contribution in [2.75, 3.05) is 19.4 Å². The Hall–Kier alpha value is -2.09. The molecule has 0 radical (unpaired) electrons. The maximum atomic E-state index is 12.2. The van der Waals surface area contributed by atoms with Crippen LogP contribution in [0.5, 0.6) is 0 Å². The Labute approximate surface area is 101 Å². The number of carbonyl (C=O) groups is 1. The van der Waals surface area contributed by atoms with Crippen LogP contribution in [0, 0.1) is 11.3 Å². The minimum atomic E-state index is -0.134. The van der Waals surface area contributed by atoms with Crippen molar-refractivity contribution < 1.29 is 4.79 Å². The molecule has 1 aromatic heterocycles. The molecule has 1 rings (SSSR count). The molecule has 1 aromatic rings. The number of nitrogens with one attached hydrogen (secondary N) is 1. The number of amides is 1. The predicted molar refractivity (Wildman–Crippen MR) is 65.6 cm³/mol. The average Bonchev–Trinajstić information content (AvgIpc) is 2.37. The van der Waals surface area contributed by atoms with Crippen molar-refractivity contribution in [3.05, 3.63) is 24.0 Å². The molecular formula is C12H16N4O. The fraction of sp³-hybridized carbons (Fsp3) is 0.417. The Morgan fingerprint density at radius 3 is 3.00 bits per heavy atom. The van der Waals surface area contributed by atoms with E-state index in [4.69, 9.17) is 5.26 Å². The summed E-state index contributed by atoms with van der Waals surface area (Å²) < 4.78 is 0. The van der Waals surface area contributed by atoms with E-state index in [2.05, 4.69) is 16.4 Å². The van der Waals surface area contributed by atoms with Gasteiger partial charge in [-0.2, -0.15) is 5.26 Å². The van der Waals surface area contributed by atoms with E-state index >= 15 is 0 Å². The van der Waals surface area contributed by atoms with E-state index < -0.39 is 0 Å². The highest BCUT2D eigenvalue weighted by Crippen LogP contribution is 2.16. The normalized spacial score (nSPS) is 11.4. The fourth-order valence-corrected chi connectivity index (χ4v) is 1.44. The number of anilines is 1. The van der Waals surface area contributed by atoms with Gasteiger partial charge in [0.2, 0.25) is 0 Å². The zero-order valence-electron chi connectivity index (χ0n) is 10.3. The highest BCUT2D eigenvalue weighted by molar-refractivity contribution is 5.99. The second-order valence-corrected chi connectivity index (χ2v) is 3.80. The summed E-state index contributed by atoms with van der Waals surface area (Å²) in [5, 5.41) is 11.6. The number of hydrogen-bond acceptors (Lipinski definition) is 4. The van der Waals surface area contributed by atoms with Crippen LogP contribution in [-0.2, 0) is 0 Å². The lowest BCUT2D eigenvalue weighted by atomic mass is 10.1. The second-order valence-electron chi connectivity index (χ2n) is 3.80. The van der Waals surface area contributed by atoms with Crippen molar-refractivity contribution in [2.24, 2.45) is 0 Å². The molecule has 5 nitrogen and oxygen atoms in total. The van der Waals surface area contributed by atoms with Crippen LogP contribution in [0.15, 0.2) is 18.5 Å². The number of nitriles is 1. The lowest BCUT2D eigenvalue weighted by Crippen LogP contribution is -2.35. The van der Waals surface area contributed by atoms with Gasteiger partial charge in [0.25, 0.3) is 5.91 Å². The Morgan fingerprint density at radius 1 is 1.71 bits per heavy atom. The van der Waals surface area contributed by atoms with Gasteiger partial charge in [-0.15, -0.1) is 0 Å². The first kappa shape index (κ1) is 13.0. The first-order valence-electron chi connectivity index (χ1n) is 5.37. The first-order valence-corrected chi connectivity index (χ1v) is 5.37. The smallest absolute Gasteiger partial charge is 0.257 e. The monoisotopic (exact) mass is 232 g/mol. The summed E-state index contributed by atoms with van der Waals surface area (Å²) in [5.74, 6) is -0.134. The number of rotatable bonds is 4. The van der Waals surface area contributed by atoms with Crippen LogP contribution in [0.2, 0.25) is 0 Å². The number of carbonyl (C=O) groups excluding carboxylic acids is 1. The van der Waals surface area contributed by atoms with E-state index in [-0.39, 0.29) is 11.9 Å². The molecule has 1 unspecified atom stereocenters. The van der Waals surface area contributed by atoms with Crippen LogP contribution >= 0.6 is 0 Å². The van der Waals surface area contributed by atoms with Gasteiger partial charge in [-0.05, 0) is 13.0 Å². The van der Waals surface area contributed by atoms with Gasteiger partial charge in [0.1, 0.15) is 0 Å². The Morgan fingerprint density at radius 2 is 2.41 bits per heavy atom. The molecule has 0 aromatic carbocycles. The molecule has 0 aliphatic rings. The number of pyridine rings is 1. The van der Waals surface area contributed by atoms with Crippen LogP contribution in [0.1, 0.15) is 23.7 Å². The van der Waals surface area contributed by atoms with Crippen LogP contribution in [0.4, 0.5) is 5.69 Å². The van der Waals surface area contributed by atoms with Crippen LogP contribution in [0.25, 0.3) is 0 Å². The van der Waals surface area contributed by atoms with Crippen LogP contribution < -0.4 is 5.32 Å². The van der Waals surface area contributed by atoms with E-state index in [0.717, 1.165) is 5.69 Å². The number of hydrogen-bond donors (Lipinski definition) is 1. The molecule has 90 valence electrons. The third-order valence-electron chi connectivity index (χ3n) is 2.69. The first-order chi connectivity index (χ1) is 8.11. The van der Waals surface area contributed by atoms with Crippen molar-refractivity contribution in [3.63, 3.8) is 0 Å². The molecule has 0 bridgehead atoms. The molecule has 0 aliphatic carbocycles. The Bertz CT molecular complexity index is 438. The summed E-state index contributed by atoms with van der Waals surface area (Å²) in [4.78, 5) is 17.7. The Kier molecular flexibility index (Phi) is 4.46. The lowest BCUT2D eigenvalue weighted by Gasteiger charge is -2.23. The van der Waals surface area contributed by atoms with E-state index in [1.807, 2.05) is 6.92 Å². The lowest BCUT2D eigenvalue weighted by molar-refractivity contribution is 0.0747. The second kappa shape index (κ2) is 5.85. The topological polar surface area (TPSA) is 69.0 Å². The average molecular weight is 232 g/mol. The van der Waals surface area contributed by atoms with Gasteiger partial charge in [-0.25, -0.2) is 0 Å². The maximum Gasteiger partial charge on any atom is 0.257 e. The van der Waals surface area contributed by atoms with Gasteiger partial charge in [0.05, 0.1) is 18.1 Å². The summed E-state index contributed by atoms with van der Waals surface area (Å²) >= 11 is 0. The van der Waals surface area contributed by atoms with Crippen molar-refractivity contribution >= 4 is 11.6 Å². The minimum absolute atomic E-state index is 0.114. The summed E-state index contributed by atoms with van der Waals surface area (Å²) in [7, 11) is 3.45. The van der Waals surface area contributed by atoms with E-state index in [1.54, 1.807) is 31.3 Å². The zero-order chi connectivity index (χ0) is 12.8. The van der Waals surface area contributed by atoms with E-state index in [0.29, 0.717) is 12.0 Å². The molecule has 17 heavy (non-hydrogen) atoms. The van der Waals surface area contributed by atoms with Crippen molar-refractivity contribution in [3.8, 4) is 6.07 Å². The number of nitrogens with zero attached hydrogens (tertiary/aromatic N) is 3. The van der Waals surface area contributed by atoms with Gasteiger partial charge >= 0.3 is 0 Å².